The number of anilines is 1. The average Bonchev–Trinajstić information content (AvgIpc) is 2.88. The Morgan fingerprint density at radius 1 is 1.19 bits per heavy atom. The first-order chi connectivity index (χ1) is 10.0. The van der Waals surface area contributed by atoms with Crippen molar-refractivity contribution in [3.8, 4) is 11.4 Å². The molecule has 1 aliphatic carbocycles. The molecule has 1 aromatic carbocycles. The fourth-order valence-corrected chi connectivity index (χ4v) is 3.03. The van der Waals surface area contributed by atoms with Gasteiger partial charge in [0.15, 0.2) is 5.82 Å². The molecule has 0 atom stereocenters. The quantitative estimate of drug-likeness (QED) is 0.889. The van der Waals surface area contributed by atoms with Crippen molar-refractivity contribution < 1.29 is 0 Å². The highest BCUT2D eigenvalue weighted by molar-refractivity contribution is 5.73. The summed E-state index contributed by atoms with van der Waals surface area (Å²) < 4.78 is 0. The SMILES string of the molecule is Cc1nc(-c2ccccc2NC2CCC(C)(C)CC2)n[nH]1. The number of hydrogen-bond donors (Lipinski definition) is 2. The van der Waals surface area contributed by atoms with Gasteiger partial charge in [-0.2, -0.15) is 5.10 Å². The van der Waals surface area contributed by atoms with E-state index in [0.29, 0.717) is 11.5 Å². The molecule has 1 heterocycles. The second kappa shape index (κ2) is 5.51. The number of rotatable bonds is 3. The maximum Gasteiger partial charge on any atom is 0.183 e. The van der Waals surface area contributed by atoms with E-state index in [-0.39, 0.29) is 0 Å². The lowest BCUT2D eigenvalue weighted by Crippen LogP contribution is -2.30. The second-order valence-electron chi connectivity index (χ2n) is 6.87. The van der Waals surface area contributed by atoms with Gasteiger partial charge in [0.25, 0.3) is 0 Å². The first-order valence-corrected chi connectivity index (χ1v) is 7.78. The lowest BCUT2D eigenvalue weighted by Gasteiger charge is -2.35. The molecule has 4 nitrogen and oxygen atoms in total. The van der Waals surface area contributed by atoms with E-state index in [1.807, 2.05) is 13.0 Å². The van der Waals surface area contributed by atoms with E-state index in [9.17, 15) is 0 Å². The highest BCUT2D eigenvalue weighted by Gasteiger charge is 2.27. The molecule has 0 radical (unpaired) electrons. The number of aryl methyl sites for hydroxylation is 1. The summed E-state index contributed by atoms with van der Waals surface area (Å²) in [6.07, 6.45) is 5.03. The van der Waals surface area contributed by atoms with Gasteiger partial charge in [-0.05, 0) is 50.2 Å². The molecule has 1 aliphatic rings. The molecule has 0 aliphatic heterocycles. The summed E-state index contributed by atoms with van der Waals surface area (Å²) in [5, 5.41) is 10.9. The topological polar surface area (TPSA) is 53.6 Å². The van der Waals surface area contributed by atoms with Gasteiger partial charge in [-0.15, -0.1) is 0 Å². The van der Waals surface area contributed by atoms with Crippen LogP contribution in [0.2, 0.25) is 0 Å². The largest absolute Gasteiger partial charge is 0.382 e. The van der Waals surface area contributed by atoms with Crippen molar-refractivity contribution in [2.75, 3.05) is 5.32 Å². The summed E-state index contributed by atoms with van der Waals surface area (Å²) in [6.45, 7) is 6.66. The minimum Gasteiger partial charge on any atom is -0.382 e. The number of benzene rings is 1. The Hall–Kier alpha value is -1.84. The Balaban J connectivity index is 1.77. The maximum atomic E-state index is 4.45. The smallest absolute Gasteiger partial charge is 0.183 e. The van der Waals surface area contributed by atoms with E-state index >= 15 is 0 Å². The Labute approximate surface area is 126 Å². The van der Waals surface area contributed by atoms with Crippen molar-refractivity contribution in [1.29, 1.82) is 0 Å². The van der Waals surface area contributed by atoms with Crippen molar-refractivity contribution in [3.63, 3.8) is 0 Å². The predicted octanol–water partition coefficient (Wildman–Crippen LogP) is 4.16. The second-order valence-corrected chi connectivity index (χ2v) is 6.87. The first-order valence-electron chi connectivity index (χ1n) is 7.78. The highest BCUT2D eigenvalue weighted by atomic mass is 15.2. The molecule has 0 bridgehead atoms. The fraction of sp³-hybridized carbons (Fsp3) is 0.529. The summed E-state index contributed by atoms with van der Waals surface area (Å²) >= 11 is 0. The van der Waals surface area contributed by atoms with E-state index in [1.54, 1.807) is 0 Å². The lowest BCUT2D eigenvalue weighted by atomic mass is 9.75. The molecule has 112 valence electrons. The van der Waals surface area contributed by atoms with Crippen molar-refractivity contribution in [1.82, 2.24) is 15.2 Å². The van der Waals surface area contributed by atoms with Crippen LogP contribution in [0, 0.1) is 12.3 Å². The maximum absolute atomic E-state index is 4.45. The zero-order chi connectivity index (χ0) is 14.9. The summed E-state index contributed by atoms with van der Waals surface area (Å²) in [4.78, 5) is 4.45. The van der Waals surface area contributed by atoms with Crippen molar-refractivity contribution in [3.05, 3.63) is 30.1 Å². The van der Waals surface area contributed by atoms with E-state index in [1.165, 1.54) is 25.7 Å². The predicted molar refractivity (Wildman–Crippen MR) is 86.2 cm³/mol. The van der Waals surface area contributed by atoms with Crippen LogP contribution in [-0.2, 0) is 0 Å². The summed E-state index contributed by atoms with van der Waals surface area (Å²) in [7, 11) is 0. The Morgan fingerprint density at radius 3 is 2.57 bits per heavy atom. The van der Waals surface area contributed by atoms with Crippen molar-refractivity contribution >= 4 is 5.69 Å². The normalized spacial score (nSPS) is 18.6. The van der Waals surface area contributed by atoms with Crippen molar-refractivity contribution in [2.45, 2.75) is 52.5 Å². The molecule has 4 heteroatoms. The number of aromatic amines is 1. The minimum absolute atomic E-state index is 0.499. The lowest BCUT2D eigenvalue weighted by molar-refractivity contribution is 0.232. The molecular weight excluding hydrogens is 260 g/mol. The zero-order valence-corrected chi connectivity index (χ0v) is 13.1. The third-order valence-corrected chi connectivity index (χ3v) is 4.46. The number of hydrogen-bond acceptors (Lipinski definition) is 3. The van der Waals surface area contributed by atoms with Gasteiger partial charge in [0.2, 0.25) is 0 Å². The van der Waals surface area contributed by atoms with E-state index < -0.39 is 0 Å². The van der Waals surface area contributed by atoms with Gasteiger partial charge in [0, 0.05) is 17.3 Å². The molecular formula is C17H24N4. The molecule has 2 N–H and O–H groups in total. The number of para-hydroxylation sites is 1. The number of nitrogens with one attached hydrogen (secondary N) is 2. The molecule has 1 aromatic heterocycles. The number of H-pyrrole nitrogens is 1. The molecule has 0 amide bonds. The van der Waals surface area contributed by atoms with E-state index in [0.717, 1.165) is 22.9 Å². The summed E-state index contributed by atoms with van der Waals surface area (Å²) in [5.74, 6) is 1.62. The average molecular weight is 284 g/mol. The molecule has 0 unspecified atom stereocenters. The summed E-state index contributed by atoms with van der Waals surface area (Å²) in [6, 6.07) is 8.87. The van der Waals surface area contributed by atoms with Crippen LogP contribution in [0.5, 0.6) is 0 Å². The van der Waals surface area contributed by atoms with Gasteiger partial charge in [-0.1, -0.05) is 26.0 Å². The molecule has 3 rings (SSSR count). The molecule has 21 heavy (non-hydrogen) atoms. The van der Waals surface area contributed by atoms with Crippen molar-refractivity contribution in [2.24, 2.45) is 5.41 Å². The molecule has 0 spiro atoms. The van der Waals surface area contributed by atoms with Gasteiger partial charge in [0.1, 0.15) is 5.82 Å². The minimum atomic E-state index is 0.499. The molecule has 0 saturated heterocycles. The Kier molecular flexibility index (Phi) is 3.70. The van der Waals surface area contributed by atoms with Gasteiger partial charge in [0.05, 0.1) is 0 Å². The van der Waals surface area contributed by atoms with Gasteiger partial charge >= 0.3 is 0 Å². The van der Waals surface area contributed by atoms with Gasteiger partial charge in [-0.25, -0.2) is 4.98 Å². The monoisotopic (exact) mass is 284 g/mol. The van der Waals surface area contributed by atoms with Gasteiger partial charge in [-0.3, -0.25) is 5.10 Å². The van der Waals surface area contributed by atoms with Crippen LogP contribution in [0.1, 0.15) is 45.4 Å². The standard InChI is InChI=1S/C17H24N4/c1-12-18-16(21-20-12)14-6-4-5-7-15(14)19-13-8-10-17(2,3)11-9-13/h4-7,13,19H,8-11H2,1-3H3,(H,18,20,21). The highest BCUT2D eigenvalue weighted by Crippen LogP contribution is 2.37. The zero-order valence-electron chi connectivity index (χ0n) is 13.1. The van der Waals surface area contributed by atoms with E-state index in [4.69, 9.17) is 0 Å². The van der Waals surface area contributed by atoms with Crippen LogP contribution < -0.4 is 5.32 Å². The Bertz CT molecular complexity index is 605. The van der Waals surface area contributed by atoms with E-state index in [2.05, 4.69) is 52.5 Å². The van der Waals surface area contributed by atoms with Gasteiger partial charge < -0.3 is 5.32 Å². The third-order valence-electron chi connectivity index (χ3n) is 4.46. The first kappa shape index (κ1) is 14.1. The van der Waals surface area contributed by atoms with Crippen LogP contribution in [0.15, 0.2) is 24.3 Å². The third kappa shape index (κ3) is 3.26. The number of nitrogens with zero attached hydrogens (tertiary/aromatic N) is 2. The molecule has 1 saturated carbocycles. The number of aromatic nitrogens is 3. The van der Waals surface area contributed by atoms with Crippen LogP contribution in [0.4, 0.5) is 5.69 Å². The van der Waals surface area contributed by atoms with Crippen LogP contribution >= 0.6 is 0 Å². The molecule has 1 fully saturated rings. The fourth-order valence-electron chi connectivity index (χ4n) is 3.03. The molecule has 2 aromatic rings. The Morgan fingerprint density at radius 2 is 1.90 bits per heavy atom. The summed E-state index contributed by atoms with van der Waals surface area (Å²) in [5.41, 5.74) is 2.71. The van der Waals surface area contributed by atoms with Crippen LogP contribution in [-0.4, -0.2) is 21.2 Å². The van der Waals surface area contributed by atoms with Crippen LogP contribution in [0.25, 0.3) is 11.4 Å². The van der Waals surface area contributed by atoms with Crippen LogP contribution in [0.3, 0.4) is 0 Å².